The van der Waals surface area contributed by atoms with Crippen LogP contribution in [0.4, 0.5) is 4.39 Å². The van der Waals surface area contributed by atoms with Crippen molar-refractivity contribution in [2.24, 2.45) is 5.41 Å². The van der Waals surface area contributed by atoms with Crippen molar-refractivity contribution < 1.29 is 9.18 Å². The number of carbonyl (C=O) groups is 1. The van der Waals surface area contributed by atoms with E-state index in [0.29, 0.717) is 33.1 Å². The third-order valence-electron chi connectivity index (χ3n) is 6.50. The van der Waals surface area contributed by atoms with Crippen LogP contribution in [-0.2, 0) is 4.79 Å². The van der Waals surface area contributed by atoms with E-state index in [1.165, 1.54) is 12.3 Å². The van der Waals surface area contributed by atoms with Crippen molar-refractivity contribution in [2.75, 3.05) is 7.05 Å². The maximum absolute atomic E-state index is 13.8. The van der Waals surface area contributed by atoms with Crippen molar-refractivity contribution in [1.29, 1.82) is 0 Å². The summed E-state index contributed by atoms with van der Waals surface area (Å²) in [5, 5.41) is 4.69. The average Bonchev–Trinajstić information content (AvgIpc) is 3.33. The Morgan fingerprint density at radius 1 is 1.32 bits per heavy atom. The summed E-state index contributed by atoms with van der Waals surface area (Å²) in [5.41, 5.74) is 1.32. The highest BCUT2D eigenvalue weighted by Gasteiger charge is 2.44. The highest BCUT2D eigenvalue weighted by Crippen LogP contribution is 2.46. The lowest BCUT2D eigenvalue weighted by Gasteiger charge is -2.40. The lowest BCUT2D eigenvalue weighted by atomic mass is 9.71. The van der Waals surface area contributed by atoms with E-state index in [9.17, 15) is 9.18 Å². The molecule has 1 saturated carbocycles. The van der Waals surface area contributed by atoms with Gasteiger partial charge in [-0.2, -0.15) is 0 Å². The fourth-order valence-electron chi connectivity index (χ4n) is 4.83. The first kappa shape index (κ1) is 19.9. The van der Waals surface area contributed by atoms with E-state index in [-0.39, 0.29) is 11.9 Å². The van der Waals surface area contributed by atoms with Gasteiger partial charge in [-0.1, -0.05) is 24.4 Å². The Balaban J connectivity index is 1.68. The topological polar surface area (TPSA) is 88.5 Å². The molecular weight excluding hydrogens is 419 g/mol. The Hall–Kier alpha value is -3.00. The number of nitrogens with zero attached hydrogens (tertiary/aromatic N) is 4. The first-order valence-electron chi connectivity index (χ1n) is 10.3. The fraction of sp³-hybridized carbons (Fsp3) is 0.364. The van der Waals surface area contributed by atoms with Gasteiger partial charge in [-0.25, -0.2) is 19.3 Å². The summed E-state index contributed by atoms with van der Waals surface area (Å²) < 4.78 is 15.8. The smallest absolute Gasteiger partial charge is 0.227 e. The van der Waals surface area contributed by atoms with Crippen LogP contribution in [0.15, 0.2) is 30.9 Å². The molecule has 1 fully saturated rings. The number of H-pyrrole nitrogens is 1. The van der Waals surface area contributed by atoms with Crippen molar-refractivity contribution in [3.8, 4) is 11.4 Å². The van der Waals surface area contributed by atoms with Crippen LogP contribution in [0.3, 0.4) is 0 Å². The lowest BCUT2D eigenvalue weighted by molar-refractivity contribution is -0.134. The van der Waals surface area contributed by atoms with E-state index in [1.807, 2.05) is 17.7 Å². The number of rotatable bonds is 3. The van der Waals surface area contributed by atoms with Crippen LogP contribution in [-0.4, -0.2) is 37.5 Å². The predicted molar refractivity (Wildman–Crippen MR) is 117 cm³/mol. The maximum Gasteiger partial charge on any atom is 0.227 e. The van der Waals surface area contributed by atoms with Crippen molar-refractivity contribution in [3.05, 3.63) is 41.7 Å². The fourth-order valence-corrected chi connectivity index (χ4v) is 5.07. The van der Waals surface area contributed by atoms with Crippen LogP contribution in [0, 0.1) is 11.2 Å². The van der Waals surface area contributed by atoms with Crippen molar-refractivity contribution in [2.45, 2.75) is 38.6 Å². The van der Waals surface area contributed by atoms with Gasteiger partial charge in [-0.05, 0) is 25.8 Å². The van der Waals surface area contributed by atoms with Gasteiger partial charge in [-0.15, -0.1) is 0 Å². The van der Waals surface area contributed by atoms with Gasteiger partial charge in [0.15, 0.2) is 5.82 Å². The first-order chi connectivity index (χ1) is 14.9. The van der Waals surface area contributed by atoms with E-state index < -0.39 is 11.2 Å². The molecule has 0 saturated heterocycles. The standard InChI is InChI=1S/C22H22ClFN6O/c1-22(21(31)25-2)6-4-3-5-17(22)30-11-16(23)15-10-28-19(29-20(15)30)14-9-27-18-13(14)7-12(24)8-26-18/h7-11,17H,3-6H2,1-2H3,(H,25,31)(H,26,27)/t17-,22-/m1/s1. The molecule has 9 heteroatoms. The molecule has 4 aromatic heterocycles. The molecule has 4 heterocycles. The molecule has 0 spiro atoms. The molecule has 7 nitrogen and oxygen atoms in total. The number of aromatic nitrogens is 5. The van der Waals surface area contributed by atoms with Gasteiger partial charge >= 0.3 is 0 Å². The quantitative estimate of drug-likeness (QED) is 0.486. The van der Waals surface area contributed by atoms with Crippen LogP contribution in [0.1, 0.15) is 38.6 Å². The number of hydrogen-bond donors (Lipinski definition) is 2. The van der Waals surface area contributed by atoms with Gasteiger partial charge < -0.3 is 14.9 Å². The van der Waals surface area contributed by atoms with Gasteiger partial charge in [0.05, 0.1) is 22.0 Å². The molecular formula is C22H22ClFN6O. The molecule has 31 heavy (non-hydrogen) atoms. The Bertz CT molecular complexity index is 1310. The van der Waals surface area contributed by atoms with Crippen molar-refractivity contribution in [1.82, 2.24) is 29.8 Å². The summed E-state index contributed by atoms with van der Waals surface area (Å²) in [5.74, 6) is 0.0339. The molecule has 1 aliphatic rings. The summed E-state index contributed by atoms with van der Waals surface area (Å²) in [7, 11) is 1.67. The molecule has 5 rings (SSSR count). The zero-order chi connectivity index (χ0) is 21.8. The Morgan fingerprint density at radius 2 is 2.16 bits per heavy atom. The third kappa shape index (κ3) is 3.08. The second-order valence-electron chi connectivity index (χ2n) is 8.33. The summed E-state index contributed by atoms with van der Waals surface area (Å²) >= 11 is 6.53. The third-order valence-corrected chi connectivity index (χ3v) is 6.80. The highest BCUT2D eigenvalue weighted by molar-refractivity contribution is 6.35. The van der Waals surface area contributed by atoms with E-state index in [1.54, 1.807) is 19.4 Å². The van der Waals surface area contributed by atoms with Crippen LogP contribution in [0.2, 0.25) is 5.02 Å². The van der Waals surface area contributed by atoms with Gasteiger partial charge in [-0.3, -0.25) is 4.79 Å². The molecule has 0 aromatic carbocycles. The van der Waals surface area contributed by atoms with Crippen molar-refractivity contribution >= 4 is 39.6 Å². The zero-order valence-electron chi connectivity index (χ0n) is 17.2. The molecule has 2 atom stereocenters. The van der Waals surface area contributed by atoms with Crippen LogP contribution >= 0.6 is 11.6 Å². The molecule has 0 unspecified atom stereocenters. The lowest BCUT2D eigenvalue weighted by Crippen LogP contribution is -2.45. The second kappa shape index (κ2) is 7.30. The number of pyridine rings is 1. The SMILES string of the molecule is CNC(=O)[C@]1(C)CCCC[C@H]1n1cc(Cl)c2cnc(-c3c[nH]c4ncc(F)cc34)nc21. The minimum atomic E-state index is -0.568. The summed E-state index contributed by atoms with van der Waals surface area (Å²) in [6.45, 7) is 2.01. The number of carbonyl (C=O) groups excluding carboxylic acids is 1. The van der Waals surface area contributed by atoms with Crippen LogP contribution in [0.5, 0.6) is 0 Å². The number of halogens is 2. The number of nitrogens with one attached hydrogen (secondary N) is 2. The first-order valence-corrected chi connectivity index (χ1v) is 10.7. The molecule has 4 aromatic rings. The van der Waals surface area contributed by atoms with Crippen molar-refractivity contribution in [3.63, 3.8) is 0 Å². The summed E-state index contributed by atoms with van der Waals surface area (Å²) in [6, 6.07) is 1.33. The molecule has 1 amide bonds. The summed E-state index contributed by atoms with van der Waals surface area (Å²) in [6.07, 6.45) is 10.1. The normalized spacial score (nSPS) is 21.6. The maximum atomic E-state index is 13.8. The second-order valence-corrected chi connectivity index (χ2v) is 8.73. The minimum absolute atomic E-state index is 0.0163. The van der Waals surface area contributed by atoms with Crippen LogP contribution in [0.25, 0.3) is 33.5 Å². The van der Waals surface area contributed by atoms with E-state index in [2.05, 4.69) is 20.3 Å². The highest BCUT2D eigenvalue weighted by atomic mass is 35.5. The monoisotopic (exact) mass is 440 g/mol. The van der Waals surface area contributed by atoms with Crippen LogP contribution < -0.4 is 5.32 Å². The number of hydrogen-bond acceptors (Lipinski definition) is 4. The average molecular weight is 441 g/mol. The molecule has 0 aliphatic heterocycles. The zero-order valence-corrected chi connectivity index (χ0v) is 18.0. The molecule has 160 valence electrons. The Morgan fingerprint density at radius 3 is 2.97 bits per heavy atom. The van der Waals surface area contributed by atoms with E-state index in [0.717, 1.165) is 31.1 Å². The van der Waals surface area contributed by atoms with Gasteiger partial charge in [0.25, 0.3) is 0 Å². The molecule has 0 bridgehead atoms. The Labute approximate surface area is 183 Å². The molecule has 2 N–H and O–H groups in total. The molecule has 0 radical (unpaired) electrons. The Kier molecular flexibility index (Phi) is 4.69. The van der Waals surface area contributed by atoms with E-state index >= 15 is 0 Å². The van der Waals surface area contributed by atoms with E-state index in [4.69, 9.17) is 16.6 Å². The summed E-state index contributed by atoms with van der Waals surface area (Å²) in [4.78, 5) is 29.2. The largest absolute Gasteiger partial charge is 0.359 e. The van der Waals surface area contributed by atoms with Gasteiger partial charge in [0.1, 0.15) is 17.1 Å². The molecule has 1 aliphatic carbocycles. The predicted octanol–water partition coefficient (Wildman–Crippen LogP) is 4.63. The number of aromatic amines is 1. The van der Waals surface area contributed by atoms with Gasteiger partial charge in [0.2, 0.25) is 5.91 Å². The minimum Gasteiger partial charge on any atom is -0.359 e. The number of amides is 1. The number of fused-ring (bicyclic) bond motifs is 2. The van der Waals surface area contributed by atoms with Gasteiger partial charge in [0, 0.05) is 42.6 Å².